The topological polar surface area (TPSA) is 39.7 Å². The lowest BCUT2D eigenvalue weighted by Crippen LogP contribution is -2.60. The molecule has 106 valence electrons. The molecule has 0 spiro atoms. The van der Waals surface area contributed by atoms with Crippen LogP contribution in [0.5, 0.6) is 11.5 Å². The highest BCUT2D eigenvalue weighted by atomic mass is 16.5. The number of hydrogen-bond acceptors (Lipinski definition) is 4. The molecule has 3 unspecified atom stereocenters. The van der Waals surface area contributed by atoms with Crippen molar-refractivity contribution in [1.82, 2.24) is 5.32 Å². The molecule has 0 heterocycles. The Kier molecular flexibility index (Phi) is 5.05. The summed E-state index contributed by atoms with van der Waals surface area (Å²) in [6, 6.07) is 8.15. The summed E-state index contributed by atoms with van der Waals surface area (Å²) in [5.41, 5.74) is 0. The lowest BCUT2D eigenvalue weighted by atomic mass is 9.85. The van der Waals surface area contributed by atoms with Gasteiger partial charge in [0, 0.05) is 19.1 Å². The molecule has 1 aromatic rings. The number of nitrogens with one attached hydrogen (secondary N) is 1. The van der Waals surface area contributed by atoms with Crippen molar-refractivity contribution < 1.29 is 14.2 Å². The van der Waals surface area contributed by atoms with E-state index >= 15 is 0 Å². The third-order valence-electron chi connectivity index (χ3n) is 3.40. The van der Waals surface area contributed by atoms with Gasteiger partial charge in [0.15, 0.2) is 0 Å². The first-order valence-corrected chi connectivity index (χ1v) is 6.96. The van der Waals surface area contributed by atoms with Crippen molar-refractivity contribution in [2.24, 2.45) is 0 Å². The Bertz CT molecular complexity index is 379. The zero-order valence-electron chi connectivity index (χ0n) is 11.9. The molecule has 4 heteroatoms. The lowest BCUT2D eigenvalue weighted by Gasteiger charge is -2.43. The Morgan fingerprint density at radius 1 is 1.11 bits per heavy atom. The zero-order chi connectivity index (χ0) is 13.7. The standard InChI is InChI=1S/C15H23NO3/c1-4-17-11-6-8-12(9-7-11)19-14-10-13(16-3)15(14)18-5-2/h6-9,13-16H,4-5,10H2,1-3H3. The average molecular weight is 265 g/mol. The maximum atomic E-state index is 5.96. The normalized spacial score (nSPS) is 25.7. The largest absolute Gasteiger partial charge is 0.494 e. The van der Waals surface area contributed by atoms with E-state index in [4.69, 9.17) is 14.2 Å². The second-order valence-corrected chi connectivity index (χ2v) is 4.61. The van der Waals surface area contributed by atoms with E-state index in [0.29, 0.717) is 19.3 Å². The quantitative estimate of drug-likeness (QED) is 0.820. The molecule has 0 saturated heterocycles. The van der Waals surface area contributed by atoms with Crippen molar-refractivity contribution in [1.29, 1.82) is 0 Å². The first kappa shape index (κ1) is 14.2. The number of likely N-dealkylation sites (N-methyl/N-ethyl adjacent to an activating group) is 1. The fraction of sp³-hybridized carbons (Fsp3) is 0.600. The first-order chi connectivity index (χ1) is 9.28. The molecule has 4 nitrogen and oxygen atoms in total. The van der Waals surface area contributed by atoms with Gasteiger partial charge >= 0.3 is 0 Å². The van der Waals surface area contributed by atoms with E-state index in [1.165, 1.54) is 0 Å². The summed E-state index contributed by atoms with van der Waals surface area (Å²) in [6.07, 6.45) is 1.26. The monoisotopic (exact) mass is 265 g/mol. The molecule has 0 bridgehead atoms. The highest BCUT2D eigenvalue weighted by molar-refractivity contribution is 5.31. The van der Waals surface area contributed by atoms with Gasteiger partial charge in [-0.2, -0.15) is 0 Å². The predicted molar refractivity (Wildman–Crippen MR) is 74.9 cm³/mol. The molecule has 2 rings (SSSR count). The summed E-state index contributed by atoms with van der Waals surface area (Å²) in [6.45, 7) is 5.38. The van der Waals surface area contributed by atoms with Crippen LogP contribution in [0.2, 0.25) is 0 Å². The third-order valence-corrected chi connectivity index (χ3v) is 3.40. The van der Waals surface area contributed by atoms with Crippen LogP contribution in [-0.4, -0.2) is 38.5 Å². The Hall–Kier alpha value is -1.26. The smallest absolute Gasteiger partial charge is 0.128 e. The van der Waals surface area contributed by atoms with E-state index in [1.807, 2.05) is 45.2 Å². The van der Waals surface area contributed by atoms with E-state index in [9.17, 15) is 0 Å². The van der Waals surface area contributed by atoms with Crippen molar-refractivity contribution in [3.63, 3.8) is 0 Å². The molecule has 1 aliphatic rings. The molecule has 19 heavy (non-hydrogen) atoms. The van der Waals surface area contributed by atoms with E-state index < -0.39 is 0 Å². The molecule has 0 aromatic heterocycles. The summed E-state index contributed by atoms with van der Waals surface area (Å²) < 4.78 is 17.1. The number of hydrogen-bond donors (Lipinski definition) is 1. The van der Waals surface area contributed by atoms with Gasteiger partial charge in [0.1, 0.15) is 23.7 Å². The van der Waals surface area contributed by atoms with Crippen molar-refractivity contribution in [3.05, 3.63) is 24.3 Å². The highest BCUT2D eigenvalue weighted by Gasteiger charge is 2.42. The molecule has 1 fully saturated rings. The molecule has 3 atom stereocenters. The molecule has 1 saturated carbocycles. The molecule has 1 N–H and O–H groups in total. The van der Waals surface area contributed by atoms with Crippen LogP contribution in [-0.2, 0) is 4.74 Å². The average Bonchev–Trinajstić information content (AvgIpc) is 2.42. The van der Waals surface area contributed by atoms with Crippen LogP contribution >= 0.6 is 0 Å². The maximum Gasteiger partial charge on any atom is 0.128 e. The number of ether oxygens (including phenoxy) is 3. The van der Waals surface area contributed by atoms with Crippen LogP contribution in [0.25, 0.3) is 0 Å². The molecule has 0 amide bonds. The van der Waals surface area contributed by atoms with Gasteiger partial charge in [0.05, 0.1) is 6.61 Å². The van der Waals surface area contributed by atoms with Crippen LogP contribution in [0.15, 0.2) is 24.3 Å². The van der Waals surface area contributed by atoms with Crippen molar-refractivity contribution in [3.8, 4) is 11.5 Å². The van der Waals surface area contributed by atoms with E-state index in [0.717, 1.165) is 17.9 Å². The van der Waals surface area contributed by atoms with Gasteiger partial charge in [0.2, 0.25) is 0 Å². The van der Waals surface area contributed by atoms with Gasteiger partial charge in [-0.05, 0) is 45.2 Å². The summed E-state index contributed by atoms with van der Waals surface area (Å²) in [5.74, 6) is 1.74. The third kappa shape index (κ3) is 3.39. The Labute approximate surface area is 115 Å². The highest BCUT2D eigenvalue weighted by Crippen LogP contribution is 2.29. The molecule has 0 aliphatic heterocycles. The van der Waals surface area contributed by atoms with Crippen LogP contribution in [0.1, 0.15) is 20.3 Å². The fourth-order valence-corrected chi connectivity index (χ4v) is 2.35. The minimum Gasteiger partial charge on any atom is -0.494 e. The second-order valence-electron chi connectivity index (χ2n) is 4.61. The maximum absolute atomic E-state index is 5.96. The van der Waals surface area contributed by atoms with E-state index in [1.54, 1.807) is 0 Å². The zero-order valence-corrected chi connectivity index (χ0v) is 11.9. The number of benzene rings is 1. The lowest BCUT2D eigenvalue weighted by molar-refractivity contribution is -0.103. The van der Waals surface area contributed by atoms with E-state index in [2.05, 4.69) is 5.32 Å². The number of rotatable bonds is 7. The summed E-state index contributed by atoms with van der Waals surface area (Å²) in [5, 5.41) is 3.25. The Morgan fingerprint density at radius 3 is 2.37 bits per heavy atom. The SMILES string of the molecule is CCOc1ccc(OC2CC(NC)C2OCC)cc1. The van der Waals surface area contributed by atoms with Gasteiger partial charge in [-0.1, -0.05) is 0 Å². The van der Waals surface area contributed by atoms with Gasteiger partial charge in [0.25, 0.3) is 0 Å². The van der Waals surface area contributed by atoms with Crippen molar-refractivity contribution in [2.75, 3.05) is 20.3 Å². The van der Waals surface area contributed by atoms with Gasteiger partial charge in [-0.25, -0.2) is 0 Å². The minimum atomic E-state index is 0.135. The van der Waals surface area contributed by atoms with Crippen LogP contribution < -0.4 is 14.8 Å². The van der Waals surface area contributed by atoms with Gasteiger partial charge in [-0.15, -0.1) is 0 Å². The fourth-order valence-electron chi connectivity index (χ4n) is 2.35. The Morgan fingerprint density at radius 2 is 1.79 bits per heavy atom. The molecular weight excluding hydrogens is 242 g/mol. The predicted octanol–water partition coefficient (Wildman–Crippen LogP) is 2.23. The summed E-state index contributed by atoms with van der Waals surface area (Å²) in [7, 11) is 1.96. The minimum absolute atomic E-state index is 0.135. The first-order valence-electron chi connectivity index (χ1n) is 6.96. The van der Waals surface area contributed by atoms with Crippen LogP contribution in [0, 0.1) is 0 Å². The van der Waals surface area contributed by atoms with Crippen molar-refractivity contribution in [2.45, 2.75) is 38.5 Å². The van der Waals surface area contributed by atoms with Gasteiger partial charge in [-0.3, -0.25) is 0 Å². The van der Waals surface area contributed by atoms with Gasteiger partial charge < -0.3 is 19.5 Å². The second kappa shape index (κ2) is 6.78. The summed E-state index contributed by atoms with van der Waals surface area (Å²) >= 11 is 0. The Balaban J connectivity index is 1.90. The van der Waals surface area contributed by atoms with Crippen molar-refractivity contribution >= 4 is 0 Å². The summed E-state index contributed by atoms with van der Waals surface area (Å²) in [4.78, 5) is 0. The molecular formula is C15H23NO3. The molecule has 1 aliphatic carbocycles. The molecule has 1 aromatic carbocycles. The van der Waals surface area contributed by atoms with Crippen LogP contribution in [0.3, 0.4) is 0 Å². The molecule has 0 radical (unpaired) electrons. The van der Waals surface area contributed by atoms with E-state index in [-0.39, 0.29) is 12.2 Å². The van der Waals surface area contributed by atoms with Crippen LogP contribution in [0.4, 0.5) is 0 Å².